The van der Waals surface area contributed by atoms with Gasteiger partial charge in [-0.15, -0.1) is 0 Å². The van der Waals surface area contributed by atoms with E-state index in [1.165, 1.54) is 19.0 Å². The molecule has 0 aliphatic heterocycles. The normalized spacial score (nSPS) is 29.9. The molecule has 0 saturated heterocycles. The Kier molecular flexibility index (Phi) is 7.08. The van der Waals surface area contributed by atoms with E-state index in [4.69, 9.17) is 5.73 Å². The number of ketones is 2. The summed E-state index contributed by atoms with van der Waals surface area (Å²) in [5.41, 5.74) is 1.31. The van der Waals surface area contributed by atoms with E-state index in [1.54, 1.807) is 38.9 Å². The fourth-order valence-electron chi connectivity index (χ4n) is 6.45. The number of amides is 2. The number of phenolic OH excluding ortho intramolecular Hbond substituents is 1. The lowest BCUT2D eigenvalue weighted by Crippen LogP contribution is -2.68. The molecule has 6 unspecified atom stereocenters. The maximum atomic E-state index is 13.9. The van der Waals surface area contributed by atoms with Crippen molar-refractivity contribution in [2.45, 2.75) is 37.5 Å². The number of rotatable bonds is 5. The molecule has 0 aromatic heterocycles. The summed E-state index contributed by atoms with van der Waals surface area (Å²) in [6.07, 6.45) is -1.68. The molecule has 0 heterocycles. The van der Waals surface area contributed by atoms with Crippen molar-refractivity contribution in [3.8, 4) is 5.75 Å². The third kappa shape index (κ3) is 3.91. The predicted octanol–water partition coefficient (Wildman–Crippen LogP) is -0.539. The number of likely N-dealkylation sites (N-methyl/N-ethyl adjacent to an activating group) is 2. The van der Waals surface area contributed by atoms with Gasteiger partial charge in [0.15, 0.2) is 17.1 Å². The number of aryl methyl sites for hydroxylation is 1. The summed E-state index contributed by atoms with van der Waals surface area (Å²) in [5.74, 6) is -10.2. The first-order chi connectivity index (χ1) is 18.5. The molecule has 8 N–H and O–H groups in total. The lowest BCUT2D eigenvalue weighted by Gasteiger charge is -2.53. The predicted molar refractivity (Wildman–Crippen MR) is 142 cm³/mol. The Bertz CT molecular complexity index is 1410. The van der Waals surface area contributed by atoms with Gasteiger partial charge in [0, 0.05) is 11.5 Å². The van der Waals surface area contributed by atoms with E-state index in [1.807, 2.05) is 0 Å². The number of benzene rings is 1. The standard InChI is InChI=1S/C27H34N4O9/c1-9-7-11-10(2)13-15(20(33)14(11)22(35)18(9)29-12(32)8-30(3)4)24(37)27(40)17(21(13)34)19(31(5)6)23(36)16(25(27)38)26(28)39/h7,10,13,17,19,21,34-37,40H,8H2,1-6H3,(H2,28,39)(H,29,32). The molecule has 0 radical (unpaired) electrons. The van der Waals surface area contributed by atoms with E-state index in [0.717, 1.165) is 0 Å². The Balaban J connectivity index is 1.97. The fraction of sp³-hybridized carbons (Fsp3) is 0.481. The third-order valence-corrected chi connectivity index (χ3v) is 8.17. The van der Waals surface area contributed by atoms with Crippen LogP contribution in [-0.4, -0.2) is 111 Å². The number of nitrogens with one attached hydrogen (secondary N) is 1. The third-order valence-electron chi connectivity index (χ3n) is 8.17. The van der Waals surface area contributed by atoms with Gasteiger partial charge in [-0.2, -0.15) is 0 Å². The van der Waals surface area contributed by atoms with Crippen LogP contribution < -0.4 is 11.1 Å². The van der Waals surface area contributed by atoms with Crippen molar-refractivity contribution in [3.63, 3.8) is 0 Å². The van der Waals surface area contributed by atoms with Gasteiger partial charge < -0.3 is 41.5 Å². The smallest absolute Gasteiger partial charge is 0.255 e. The number of carbonyl (C=O) groups is 4. The first kappa shape index (κ1) is 29.2. The molecule has 0 fully saturated rings. The minimum atomic E-state index is -2.99. The molecule has 6 atom stereocenters. The number of aliphatic hydroxyl groups excluding tert-OH is 3. The number of aliphatic hydroxyl groups is 4. The van der Waals surface area contributed by atoms with Gasteiger partial charge in [-0.1, -0.05) is 13.0 Å². The maximum absolute atomic E-state index is 13.9. The van der Waals surface area contributed by atoms with E-state index in [2.05, 4.69) is 5.32 Å². The fourth-order valence-corrected chi connectivity index (χ4v) is 6.45. The average molecular weight is 559 g/mol. The SMILES string of the molecule is Cc1cc2c(c(O)c1NC(=O)CN(C)C)C(=O)C1=C(O)C3(O)C(=O)C(C(N)=O)=C(O)C(N(C)C)C3C(O)C1C2C. The van der Waals surface area contributed by atoms with Crippen LogP contribution in [0.25, 0.3) is 0 Å². The quantitative estimate of drug-likeness (QED) is 0.180. The number of carbonyl (C=O) groups excluding carboxylic acids is 4. The van der Waals surface area contributed by atoms with Crippen molar-refractivity contribution >= 4 is 29.1 Å². The minimum absolute atomic E-state index is 0.00729. The van der Waals surface area contributed by atoms with Crippen molar-refractivity contribution in [3.05, 3.63) is 45.4 Å². The number of nitrogens with zero attached hydrogens (tertiary/aromatic N) is 2. The van der Waals surface area contributed by atoms with Gasteiger partial charge in [0.1, 0.15) is 17.1 Å². The summed E-state index contributed by atoms with van der Waals surface area (Å²) >= 11 is 0. The summed E-state index contributed by atoms with van der Waals surface area (Å²) in [6, 6.07) is 0.249. The largest absolute Gasteiger partial charge is 0.510 e. The zero-order valence-corrected chi connectivity index (χ0v) is 23.0. The summed E-state index contributed by atoms with van der Waals surface area (Å²) in [4.78, 5) is 54.9. The van der Waals surface area contributed by atoms with Crippen LogP contribution in [0.5, 0.6) is 5.75 Å². The molecule has 0 saturated carbocycles. The lowest BCUT2D eigenvalue weighted by atomic mass is 9.55. The van der Waals surface area contributed by atoms with Crippen molar-refractivity contribution in [2.75, 3.05) is 40.1 Å². The number of anilines is 1. The van der Waals surface area contributed by atoms with Crippen LogP contribution in [-0.2, 0) is 14.4 Å². The second-order valence-corrected chi connectivity index (χ2v) is 11.2. The number of aromatic hydroxyl groups is 1. The monoisotopic (exact) mass is 558 g/mol. The molecule has 3 aliphatic rings. The molecule has 13 nitrogen and oxygen atoms in total. The second-order valence-electron chi connectivity index (χ2n) is 11.2. The first-order valence-corrected chi connectivity index (χ1v) is 12.6. The Morgan fingerprint density at radius 2 is 1.73 bits per heavy atom. The molecule has 0 bridgehead atoms. The highest BCUT2D eigenvalue weighted by molar-refractivity contribution is 6.25. The van der Waals surface area contributed by atoms with E-state index < -0.39 is 87.3 Å². The second kappa shape index (κ2) is 9.70. The highest BCUT2D eigenvalue weighted by Gasteiger charge is 2.67. The van der Waals surface area contributed by atoms with Crippen LogP contribution in [0.2, 0.25) is 0 Å². The number of hydrogen-bond donors (Lipinski definition) is 7. The molecule has 2 amide bonds. The van der Waals surface area contributed by atoms with Gasteiger partial charge >= 0.3 is 0 Å². The molecular weight excluding hydrogens is 524 g/mol. The summed E-state index contributed by atoms with van der Waals surface area (Å²) < 4.78 is 0. The molecule has 0 spiro atoms. The Labute approximate surface area is 230 Å². The van der Waals surface area contributed by atoms with E-state index >= 15 is 0 Å². The summed E-state index contributed by atoms with van der Waals surface area (Å²) in [7, 11) is 6.30. The van der Waals surface area contributed by atoms with Crippen LogP contribution in [0.4, 0.5) is 5.69 Å². The highest BCUT2D eigenvalue weighted by Crippen LogP contribution is 2.56. The van der Waals surface area contributed by atoms with Crippen LogP contribution in [0, 0.1) is 18.8 Å². The zero-order chi connectivity index (χ0) is 30.2. The van der Waals surface area contributed by atoms with E-state index in [9.17, 15) is 44.7 Å². The van der Waals surface area contributed by atoms with Crippen molar-refractivity contribution in [1.82, 2.24) is 9.80 Å². The van der Waals surface area contributed by atoms with Crippen molar-refractivity contribution < 1.29 is 44.7 Å². The Morgan fingerprint density at radius 1 is 1.12 bits per heavy atom. The van der Waals surface area contributed by atoms with Gasteiger partial charge in [-0.05, 0) is 52.2 Å². The Hall–Kier alpha value is -3.78. The molecule has 13 heteroatoms. The topological polar surface area (TPSA) is 214 Å². The molecular formula is C27H34N4O9. The number of hydrogen-bond acceptors (Lipinski definition) is 11. The molecule has 40 heavy (non-hydrogen) atoms. The first-order valence-electron chi connectivity index (χ1n) is 12.6. The molecule has 1 aromatic rings. The van der Waals surface area contributed by atoms with Crippen LogP contribution in [0.15, 0.2) is 28.7 Å². The number of nitrogens with two attached hydrogens (primary N) is 1. The van der Waals surface area contributed by atoms with Gasteiger partial charge in [-0.25, -0.2) is 0 Å². The van der Waals surface area contributed by atoms with Crippen molar-refractivity contribution in [2.24, 2.45) is 17.6 Å². The maximum Gasteiger partial charge on any atom is 0.255 e. The van der Waals surface area contributed by atoms with Crippen molar-refractivity contribution in [1.29, 1.82) is 0 Å². The van der Waals surface area contributed by atoms with E-state index in [0.29, 0.717) is 11.1 Å². The summed E-state index contributed by atoms with van der Waals surface area (Å²) in [5, 5.41) is 59.5. The minimum Gasteiger partial charge on any atom is -0.510 e. The van der Waals surface area contributed by atoms with Gasteiger partial charge in [-0.3, -0.25) is 24.1 Å². The molecule has 4 rings (SSSR count). The van der Waals surface area contributed by atoms with E-state index in [-0.39, 0.29) is 17.8 Å². The van der Waals surface area contributed by atoms with Crippen LogP contribution in [0.3, 0.4) is 0 Å². The van der Waals surface area contributed by atoms with Gasteiger partial charge in [0.2, 0.25) is 11.7 Å². The summed E-state index contributed by atoms with van der Waals surface area (Å²) in [6.45, 7) is 3.25. The van der Waals surface area contributed by atoms with Gasteiger partial charge in [0.25, 0.3) is 5.91 Å². The highest BCUT2D eigenvalue weighted by atomic mass is 16.4. The molecule has 216 valence electrons. The Morgan fingerprint density at radius 3 is 2.25 bits per heavy atom. The number of Topliss-reactive ketones (excluding diaryl/α,β-unsaturated/α-hetero) is 2. The molecule has 1 aromatic carbocycles. The number of phenols is 1. The average Bonchev–Trinajstić information content (AvgIpc) is 2.83. The van der Waals surface area contributed by atoms with Crippen LogP contribution >= 0.6 is 0 Å². The lowest BCUT2D eigenvalue weighted by molar-refractivity contribution is -0.162. The zero-order valence-electron chi connectivity index (χ0n) is 23.0. The van der Waals surface area contributed by atoms with Crippen LogP contribution in [0.1, 0.15) is 34.3 Å². The van der Waals surface area contributed by atoms with Gasteiger partial charge in [0.05, 0.1) is 35.9 Å². The number of primary amides is 1. The molecule has 3 aliphatic carbocycles. The number of fused-ring (bicyclic) bond motifs is 3.